The summed E-state index contributed by atoms with van der Waals surface area (Å²) in [7, 11) is 0. The predicted octanol–water partition coefficient (Wildman–Crippen LogP) is 3.63. The van der Waals surface area contributed by atoms with Crippen molar-refractivity contribution in [1.82, 2.24) is 20.1 Å². The first-order valence-corrected chi connectivity index (χ1v) is 8.46. The Bertz CT molecular complexity index is 853. The summed E-state index contributed by atoms with van der Waals surface area (Å²) in [6, 6.07) is 13.9. The topological polar surface area (TPSA) is 59.8 Å². The average Bonchev–Trinajstić information content (AvgIpc) is 3.04. The van der Waals surface area contributed by atoms with E-state index in [0.717, 1.165) is 17.7 Å². The Morgan fingerprint density at radius 3 is 2.60 bits per heavy atom. The number of benzene rings is 1. The van der Waals surface area contributed by atoms with Crippen LogP contribution in [0.2, 0.25) is 0 Å². The van der Waals surface area contributed by atoms with Crippen LogP contribution in [0.15, 0.2) is 54.9 Å². The van der Waals surface area contributed by atoms with Gasteiger partial charge in [0.05, 0.1) is 23.5 Å². The van der Waals surface area contributed by atoms with Crippen LogP contribution in [-0.4, -0.2) is 20.7 Å². The molecule has 5 nitrogen and oxygen atoms in total. The summed E-state index contributed by atoms with van der Waals surface area (Å²) in [5, 5.41) is 7.35. The van der Waals surface area contributed by atoms with Crippen molar-refractivity contribution in [2.24, 2.45) is 0 Å². The van der Waals surface area contributed by atoms with Crippen LogP contribution in [-0.2, 0) is 6.42 Å². The molecule has 3 rings (SSSR count). The minimum Gasteiger partial charge on any atom is -0.345 e. The zero-order valence-electron chi connectivity index (χ0n) is 14.7. The van der Waals surface area contributed by atoms with Gasteiger partial charge in [0, 0.05) is 6.20 Å². The second-order valence-electron chi connectivity index (χ2n) is 6.03. The van der Waals surface area contributed by atoms with Crippen molar-refractivity contribution in [3.63, 3.8) is 0 Å². The van der Waals surface area contributed by atoms with E-state index in [2.05, 4.69) is 46.6 Å². The largest absolute Gasteiger partial charge is 0.345 e. The zero-order chi connectivity index (χ0) is 17.8. The molecule has 2 heterocycles. The highest BCUT2D eigenvalue weighted by molar-refractivity contribution is 5.95. The van der Waals surface area contributed by atoms with E-state index >= 15 is 0 Å². The number of hydrogen-bond acceptors (Lipinski definition) is 3. The van der Waals surface area contributed by atoms with Crippen LogP contribution in [0.4, 0.5) is 0 Å². The van der Waals surface area contributed by atoms with Crippen molar-refractivity contribution in [1.29, 1.82) is 0 Å². The van der Waals surface area contributed by atoms with Crippen LogP contribution in [0.25, 0.3) is 5.82 Å². The number of nitrogens with zero attached hydrogens (tertiary/aromatic N) is 3. The summed E-state index contributed by atoms with van der Waals surface area (Å²) < 4.78 is 1.68. The molecular weight excluding hydrogens is 312 g/mol. The normalized spacial score (nSPS) is 12.0. The van der Waals surface area contributed by atoms with Gasteiger partial charge in [-0.1, -0.05) is 37.3 Å². The van der Waals surface area contributed by atoms with Crippen LogP contribution in [0.1, 0.15) is 47.1 Å². The zero-order valence-corrected chi connectivity index (χ0v) is 14.7. The highest BCUT2D eigenvalue weighted by Crippen LogP contribution is 2.17. The lowest BCUT2D eigenvalue weighted by molar-refractivity contribution is 0.0939. The van der Waals surface area contributed by atoms with E-state index in [0.29, 0.717) is 11.4 Å². The fourth-order valence-corrected chi connectivity index (χ4v) is 2.74. The maximum absolute atomic E-state index is 12.6. The Balaban J connectivity index is 1.76. The summed E-state index contributed by atoms with van der Waals surface area (Å²) in [6.07, 6.45) is 4.30. The molecule has 0 aliphatic rings. The first-order chi connectivity index (χ1) is 12.1. The Morgan fingerprint density at radius 1 is 1.20 bits per heavy atom. The highest BCUT2D eigenvalue weighted by Gasteiger charge is 2.17. The number of nitrogens with one attached hydrogen (secondary N) is 1. The molecule has 0 bridgehead atoms. The first-order valence-electron chi connectivity index (χ1n) is 8.46. The third-order valence-corrected chi connectivity index (χ3v) is 4.36. The Kier molecular flexibility index (Phi) is 4.93. The van der Waals surface area contributed by atoms with Gasteiger partial charge in [0.15, 0.2) is 5.82 Å². The van der Waals surface area contributed by atoms with Gasteiger partial charge in [-0.2, -0.15) is 5.10 Å². The predicted molar refractivity (Wildman–Crippen MR) is 97.8 cm³/mol. The second kappa shape index (κ2) is 7.30. The molecular formula is C20H22N4O. The molecule has 1 N–H and O–H groups in total. The molecule has 25 heavy (non-hydrogen) atoms. The number of pyridine rings is 1. The number of aryl methyl sites for hydroxylation is 1. The SMILES string of the molecule is CCc1ccc(C(C)NC(=O)c2cnn(-c3ccccn3)c2C)cc1. The molecule has 0 saturated heterocycles. The summed E-state index contributed by atoms with van der Waals surface area (Å²) in [4.78, 5) is 16.9. The van der Waals surface area contributed by atoms with Gasteiger partial charge >= 0.3 is 0 Å². The molecule has 3 aromatic rings. The fourth-order valence-electron chi connectivity index (χ4n) is 2.74. The number of amides is 1. The molecule has 0 aliphatic carbocycles. The highest BCUT2D eigenvalue weighted by atomic mass is 16.1. The number of rotatable bonds is 5. The van der Waals surface area contributed by atoms with Gasteiger partial charge in [-0.3, -0.25) is 4.79 Å². The molecule has 0 fully saturated rings. The molecule has 1 aromatic carbocycles. The maximum Gasteiger partial charge on any atom is 0.255 e. The van der Waals surface area contributed by atoms with Gasteiger partial charge in [0.2, 0.25) is 0 Å². The second-order valence-corrected chi connectivity index (χ2v) is 6.03. The molecule has 0 saturated carbocycles. The molecule has 2 aromatic heterocycles. The molecule has 1 unspecified atom stereocenters. The van der Waals surface area contributed by atoms with E-state index in [-0.39, 0.29) is 11.9 Å². The molecule has 128 valence electrons. The maximum atomic E-state index is 12.6. The lowest BCUT2D eigenvalue weighted by Gasteiger charge is -2.14. The van der Waals surface area contributed by atoms with E-state index in [1.165, 1.54) is 5.56 Å². The van der Waals surface area contributed by atoms with Crippen molar-refractivity contribution in [3.8, 4) is 5.82 Å². The fraction of sp³-hybridized carbons (Fsp3) is 0.250. The quantitative estimate of drug-likeness (QED) is 0.775. The van der Waals surface area contributed by atoms with Crippen molar-refractivity contribution in [2.45, 2.75) is 33.2 Å². The smallest absolute Gasteiger partial charge is 0.255 e. The molecule has 5 heteroatoms. The van der Waals surface area contributed by atoms with Crippen LogP contribution in [0, 0.1) is 6.92 Å². The van der Waals surface area contributed by atoms with Crippen molar-refractivity contribution >= 4 is 5.91 Å². The Morgan fingerprint density at radius 2 is 1.96 bits per heavy atom. The van der Waals surface area contributed by atoms with Crippen LogP contribution >= 0.6 is 0 Å². The van der Waals surface area contributed by atoms with E-state index < -0.39 is 0 Å². The Labute approximate surface area is 147 Å². The van der Waals surface area contributed by atoms with E-state index in [1.54, 1.807) is 17.1 Å². The number of carbonyl (C=O) groups excluding carboxylic acids is 1. The third-order valence-electron chi connectivity index (χ3n) is 4.36. The number of carbonyl (C=O) groups is 1. The summed E-state index contributed by atoms with van der Waals surface area (Å²) in [5.41, 5.74) is 3.70. The number of hydrogen-bond donors (Lipinski definition) is 1. The van der Waals surface area contributed by atoms with Gasteiger partial charge in [0.1, 0.15) is 0 Å². The van der Waals surface area contributed by atoms with E-state index in [1.807, 2.05) is 32.0 Å². The van der Waals surface area contributed by atoms with Gasteiger partial charge in [0.25, 0.3) is 5.91 Å². The monoisotopic (exact) mass is 334 g/mol. The van der Waals surface area contributed by atoms with Crippen LogP contribution < -0.4 is 5.32 Å². The summed E-state index contributed by atoms with van der Waals surface area (Å²) >= 11 is 0. The lowest BCUT2D eigenvalue weighted by atomic mass is 10.0. The summed E-state index contributed by atoms with van der Waals surface area (Å²) in [6.45, 7) is 5.98. The first kappa shape index (κ1) is 16.9. The van der Waals surface area contributed by atoms with E-state index in [4.69, 9.17) is 0 Å². The molecule has 1 atom stereocenters. The third kappa shape index (κ3) is 3.60. The Hall–Kier alpha value is -2.95. The molecule has 0 aliphatic heterocycles. The van der Waals surface area contributed by atoms with Crippen molar-refractivity contribution in [2.75, 3.05) is 0 Å². The average molecular weight is 334 g/mol. The van der Waals surface area contributed by atoms with Crippen molar-refractivity contribution in [3.05, 3.63) is 77.2 Å². The lowest BCUT2D eigenvalue weighted by Crippen LogP contribution is -2.27. The van der Waals surface area contributed by atoms with Gasteiger partial charge in [-0.05, 0) is 43.5 Å². The molecule has 1 amide bonds. The minimum absolute atomic E-state index is 0.0731. The van der Waals surface area contributed by atoms with Gasteiger partial charge < -0.3 is 5.32 Å². The van der Waals surface area contributed by atoms with Gasteiger partial charge in [-0.25, -0.2) is 9.67 Å². The van der Waals surface area contributed by atoms with E-state index in [9.17, 15) is 4.79 Å². The minimum atomic E-state index is -0.133. The molecule has 0 radical (unpaired) electrons. The van der Waals surface area contributed by atoms with Crippen LogP contribution in [0.3, 0.4) is 0 Å². The summed E-state index contributed by atoms with van der Waals surface area (Å²) in [5.74, 6) is 0.564. The molecule has 0 spiro atoms. The number of aromatic nitrogens is 3. The standard InChI is InChI=1S/C20H22N4O/c1-4-16-8-10-17(11-9-16)14(2)23-20(25)18-13-22-24(15(18)3)19-7-5-6-12-21-19/h5-14H,4H2,1-3H3,(H,23,25). The van der Waals surface area contributed by atoms with Gasteiger partial charge in [-0.15, -0.1) is 0 Å². The van der Waals surface area contributed by atoms with Crippen LogP contribution in [0.5, 0.6) is 0 Å². The van der Waals surface area contributed by atoms with Crippen molar-refractivity contribution < 1.29 is 4.79 Å².